The Kier molecular flexibility index (Phi) is 5.03. The highest BCUT2D eigenvalue weighted by Gasteiger charge is 2.31. The van der Waals surface area contributed by atoms with Crippen LogP contribution in [0.1, 0.15) is 33.9 Å². The van der Waals surface area contributed by atoms with Crippen LogP contribution >= 0.6 is 0 Å². The summed E-state index contributed by atoms with van der Waals surface area (Å²) in [5.74, 6) is 1.28. The van der Waals surface area contributed by atoms with Crippen LogP contribution in [0.25, 0.3) is 0 Å². The van der Waals surface area contributed by atoms with Crippen molar-refractivity contribution in [1.82, 2.24) is 9.80 Å². The molecule has 2 aliphatic rings. The van der Waals surface area contributed by atoms with E-state index in [4.69, 9.17) is 9.47 Å². The standard InChI is InChI=1S/C22H26N2O3/c1-26-20-10-8-17(15-21(20)27-2)22(25)24-13-11-23(12-14-24)19-9-7-16-5-3-4-6-18(16)19/h3-6,8,10,15,19H,7,9,11-14H2,1-2H3. The number of piperazine rings is 1. The number of amides is 1. The maximum absolute atomic E-state index is 12.9. The molecule has 5 nitrogen and oxygen atoms in total. The van der Waals surface area contributed by atoms with Gasteiger partial charge >= 0.3 is 0 Å². The lowest BCUT2D eigenvalue weighted by atomic mass is 10.1. The van der Waals surface area contributed by atoms with Gasteiger partial charge in [0, 0.05) is 37.8 Å². The van der Waals surface area contributed by atoms with Gasteiger partial charge in [-0.1, -0.05) is 24.3 Å². The first kappa shape index (κ1) is 17.9. The van der Waals surface area contributed by atoms with Crippen molar-refractivity contribution < 1.29 is 14.3 Å². The predicted octanol–water partition coefficient (Wildman–Crippen LogP) is 3.15. The molecule has 0 spiro atoms. The second kappa shape index (κ2) is 7.61. The molecule has 1 amide bonds. The highest BCUT2D eigenvalue weighted by molar-refractivity contribution is 5.95. The van der Waals surface area contributed by atoms with Crippen molar-refractivity contribution in [2.75, 3.05) is 40.4 Å². The van der Waals surface area contributed by atoms with Crippen LogP contribution in [0.15, 0.2) is 42.5 Å². The zero-order valence-electron chi connectivity index (χ0n) is 16.0. The number of carbonyl (C=O) groups excluding carboxylic acids is 1. The maximum Gasteiger partial charge on any atom is 0.254 e. The summed E-state index contributed by atoms with van der Waals surface area (Å²) in [5, 5.41) is 0. The van der Waals surface area contributed by atoms with Gasteiger partial charge in [0.05, 0.1) is 14.2 Å². The molecule has 0 radical (unpaired) electrons. The van der Waals surface area contributed by atoms with Crippen molar-refractivity contribution in [3.63, 3.8) is 0 Å². The Morgan fingerprint density at radius 2 is 1.70 bits per heavy atom. The molecule has 1 saturated heterocycles. The van der Waals surface area contributed by atoms with E-state index in [0.717, 1.165) is 32.6 Å². The highest BCUT2D eigenvalue weighted by atomic mass is 16.5. The summed E-state index contributed by atoms with van der Waals surface area (Å²) >= 11 is 0. The number of hydrogen-bond donors (Lipinski definition) is 0. The van der Waals surface area contributed by atoms with Gasteiger partial charge in [0.15, 0.2) is 11.5 Å². The van der Waals surface area contributed by atoms with Gasteiger partial charge < -0.3 is 14.4 Å². The van der Waals surface area contributed by atoms with Crippen LogP contribution in [-0.4, -0.2) is 56.1 Å². The fourth-order valence-electron chi connectivity index (χ4n) is 4.30. The van der Waals surface area contributed by atoms with Crippen molar-refractivity contribution in [3.8, 4) is 11.5 Å². The van der Waals surface area contributed by atoms with Crippen LogP contribution < -0.4 is 9.47 Å². The van der Waals surface area contributed by atoms with E-state index in [2.05, 4.69) is 29.2 Å². The lowest BCUT2D eigenvalue weighted by Gasteiger charge is -2.38. The van der Waals surface area contributed by atoms with Gasteiger partial charge in [-0.25, -0.2) is 0 Å². The van der Waals surface area contributed by atoms with Gasteiger partial charge in [-0.15, -0.1) is 0 Å². The fraction of sp³-hybridized carbons (Fsp3) is 0.409. The van der Waals surface area contributed by atoms with E-state index in [1.54, 1.807) is 26.4 Å². The summed E-state index contributed by atoms with van der Waals surface area (Å²) in [5.41, 5.74) is 3.59. The summed E-state index contributed by atoms with van der Waals surface area (Å²) in [6, 6.07) is 14.6. The molecule has 1 fully saturated rings. The summed E-state index contributed by atoms with van der Waals surface area (Å²) in [6.45, 7) is 3.34. The summed E-state index contributed by atoms with van der Waals surface area (Å²) < 4.78 is 10.6. The fourth-order valence-corrected chi connectivity index (χ4v) is 4.30. The van der Waals surface area contributed by atoms with Crippen LogP contribution in [-0.2, 0) is 6.42 Å². The predicted molar refractivity (Wildman–Crippen MR) is 105 cm³/mol. The van der Waals surface area contributed by atoms with Gasteiger partial charge in [0.25, 0.3) is 5.91 Å². The van der Waals surface area contributed by atoms with Crippen LogP contribution in [0.4, 0.5) is 0 Å². The molecule has 27 heavy (non-hydrogen) atoms. The summed E-state index contributed by atoms with van der Waals surface area (Å²) in [7, 11) is 3.18. The number of methoxy groups -OCH3 is 2. The van der Waals surface area contributed by atoms with Crippen LogP contribution in [0.3, 0.4) is 0 Å². The average molecular weight is 366 g/mol. The third-order valence-electron chi connectivity index (χ3n) is 5.77. The van der Waals surface area contributed by atoms with Crippen molar-refractivity contribution >= 4 is 5.91 Å². The molecule has 0 saturated carbocycles. The Morgan fingerprint density at radius 1 is 0.963 bits per heavy atom. The minimum atomic E-state index is 0.0578. The normalized spacial score (nSPS) is 19.6. The number of carbonyl (C=O) groups is 1. The largest absolute Gasteiger partial charge is 0.493 e. The first-order valence-corrected chi connectivity index (χ1v) is 9.54. The highest BCUT2D eigenvalue weighted by Crippen LogP contribution is 2.36. The maximum atomic E-state index is 12.9. The Hall–Kier alpha value is -2.53. The van der Waals surface area contributed by atoms with E-state index >= 15 is 0 Å². The minimum Gasteiger partial charge on any atom is -0.493 e. The molecule has 0 bridgehead atoms. The Balaban J connectivity index is 1.42. The quantitative estimate of drug-likeness (QED) is 0.834. The number of fused-ring (bicyclic) bond motifs is 1. The molecule has 1 heterocycles. The van der Waals surface area contributed by atoms with E-state index in [1.807, 2.05) is 11.0 Å². The molecule has 0 N–H and O–H groups in total. The number of hydrogen-bond acceptors (Lipinski definition) is 4. The van der Waals surface area contributed by atoms with E-state index < -0.39 is 0 Å². The first-order valence-electron chi connectivity index (χ1n) is 9.54. The zero-order chi connectivity index (χ0) is 18.8. The molecule has 5 heteroatoms. The van der Waals surface area contributed by atoms with E-state index in [1.165, 1.54) is 17.5 Å². The van der Waals surface area contributed by atoms with Crippen molar-refractivity contribution in [2.24, 2.45) is 0 Å². The molecule has 142 valence electrons. The number of ether oxygens (including phenoxy) is 2. The van der Waals surface area contributed by atoms with Gasteiger partial charge in [-0.05, 0) is 42.2 Å². The third-order valence-corrected chi connectivity index (χ3v) is 5.77. The smallest absolute Gasteiger partial charge is 0.254 e. The first-order chi connectivity index (χ1) is 13.2. The molecular formula is C22H26N2O3. The number of rotatable bonds is 4. The van der Waals surface area contributed by atoms with Crippen LogP contribution in [0.2, 0.25) is 0 Å². The Bertz CT molecular complexity index is 828. The summed E-state index contributed by atoms with van der Waals surface area (Å²) in [6.07, 6.45) is 2.34. The van der Waals surface area contributed by atoms with Crippen LogP contribution in [0.5, 0.6) is 11.5 Å². The van der Waals surface area contributed by atoms with Gasteiger partial charge in [-0.3, -0.25) is 9.69 Å². The molecule has 2 aromatic carbocycles. The lowest BCUT2D eigenvalue weighted by molar-refractivity contribution is 0.0567. The third kappa shape index (κ3) is 3.39. The Morgan fingerprint density at radius 3 is 2.44 bits per heavy atom. The molecule has 2 aromatic rings. The second-order valence-corrected chi connectivity index (χ2v) is 7.15. The van der Waals surface area contributed by atoms with Gasteiger partial charge in [0.1, 0.15) is 0 Å². The summed E-state index contributed by atoms with van der Waals surface area (Å²) in [4.78, 5) is 17.4. The molecular weight excluding hydrogens is 340 g/mol. The van der Waals surface area contributed by atoms with Gasteiger partial charge in [0.2, 0.25) is 0 Å². The van der Waals surface area contributed by atoms with Crippen molar-refractivity contribution in [2.45, 2.75) is 18.9 Å². The average Bonchev–Trinajstić information content (AvgIpc) is 3.17. The molecule has 4 rings (SSSR count). The van der Waals surface area contributed by atoms with Crippen molar-refractivity contribution in [3.05, 3.63) is 59.2 Å². The molecule has 1 atom stereocenters. The Labute approximate surface area is 160 Å². The molecule has 1 unspecified atom stereocenters. The minimum absolute atomic E-state index is 0.0578. The van der Waals surface area contributed by atoms with Crippen molar-refractivity contribution in [1.29, 1.82) is 0 Å². The topological polar surface area (TPSA) is 42.0 Å². The number of aryl methyl sites for hydroxylation is 1. The lowest BCUT2D eigenvalue weighted by Crippen LogP contribution is -2.49. The zero-order valence-corrected chi connectivity index (χ0v) is 16.0. The SMILES string of the molecule is COc1ccc(C(=O)N2CCN(C3CCc4ccccc43)CC2)cc1OC. The molecule has 0 aromatic heterocycles. The second-order valence-electron chi connectivity index (χ2n) is 7.15. The molecule has 1 aliphatic heterocycles. The van der Waals surface area contributed by atoms with Crippen LogP contribution in [0, 0.1) is 0 Å². The van der Waals surface area contributed by atoms with Gasteiger partial charge in [-0.2, -0.15) is 0 Å². The van der Waals surface area contributed by atoms with E-state index in [0.29, 0.717) is 23.1 Å². The molecule has 1 aliphatic carbocycles. The number of nitrogens with zero attached hydrogens (tertiary/aromatic N) is 2. The van der Waals surface area contributed by atoms with E-state index in [-0.39, 0.29) is 5.91 Å². The van der Waals surface area contributed by atoms with E-state index in [9.17, 15) is 4.79 Å². The number of benzene rings is 2. The monoisotopic (exact) mass is 366 g/mol.